The van der Waals surface area contributed by atoms with Gasteiger partial charge in [-0.3, -0.25) is 4.57 Å². The third-order valence-corrected chi connectivity index (χ3v) is 2.78. The molecule has 1 aromatic rings. The summed E-state index contributed by atoms with van der Waals surface area (Å²) in [5.41, 5.74) is 0.195. The van der Waals surface area contributed by atoms with Gasteiger partial charge in [-0.2, -0.15) is 0 Å². The molecular formula is C7H10ClN3. The van der Waals surface area contributed by atoms with Gasteiger partial charge in [0.2, 0.25) is 5.28 Å². The maximum atomic E-state index is 5.83. The molecule has 0 aliphatic heterocycles. The predicted octanol–water partition coefficient (Wildman–Crippen LogP) is 1.83. The fraction of sp³-hybridized carbons (Fsp3) is 0.714. The van der Waals surface area contributed by atoms with Crippen molar-refractivity contribution in [2.45, 2.75) is 31.7 Å². The Labute approximate surface area is 70.4 Å². The number of rotatable bonds is 1. The first-order valence-electron chi connectivity index (χ1n) is 3.78. The van der Waals surface area contributed by atoms with Gasteiger partial charge in [0, 0.05) is 5.54 Å². The lowest BCUT2D eigenvalue weighted by Gasteiger charge is -2.39. The monoisotopic (exact) mass is 171 g/mol. The normalized spacial score (nSPS) is 21.3. The molecule has 0 unspecified atom stereocenters. The molecule has 1 heterocycles. The van der Waals surface area contributed by atoms with E-state index in [0.29, 0.717) is 5.28 Å². The van der Waals surface area contributed by atoms with Crippen molar-refractivity contribution in [3.8, 4) is 0 Å². The SMILES string of the molecule is CC1(n2cnnc2Cl)CCC1. The molecule has 0 amide bonds. The molecule has 11 heavy (non-hydrogen) atoms. The van der Waals surface area contributed by atoms with Crippen LogP contribution in [-0.4, -0.2) is 14.8 Å². The van der Waals surface area contributed by atoms with Crippen molar-refractivity contribution in [3.63, 3.8) is 0 Å². The zero-order chi connectivity index (χ0) is 7.90. The third kappa shape index (κ3) is 0.948. The molecule has 0 spiro atoms. The van der Waals surface area contributed by atoms with Crippen LogP contribution in [0, 0.1) is 0 Å². The van der Waals surface area contributed by atoms with Crippen molar-refractivity contribution in [3.05, 3.63) is 11.6 Å². The first-order valence-corrected chi connectivity index (χ1v) is 4.16. The lowest BCUT2D eigenvalue weighted by Crippen LogP contribution is -2.36. The summed E-state index contributed by atoms with van der Waals surface area (Å²) < 4.78 is 1.96. The second kappa shape index (κ2) is 2.21. The summed E-state index contributed by atoms with van der Waals surface area (Å²) in [5.74, 6) is 0. The summed E-state index contributed by atoms with van der Waals surface area (Å²) in [6.45, 7) is 2.19. The van der Waals surface area contributed by atoms with E-state index in [1.807, 2.05) is 4.57 Å². The fourth-order valence-electron chi connectivity index (χ4n) is 1.51. The molecule has 0 atom stereocenters. The van der Waals surface area contributed by atoms with E-state index in [9.17, 15) is 0 Å². The highest BCUT2D eigenvalue weighted by atomic mass is 35.5. The van der Waals surface area contributed by atoms with Crippen LogP contribution in [0.25, 0.3) is 0 Å². The second-order valence-electron chi connectivity index (χ2n) is 3.32. The first-order chi connectivity index (χ1) is 5.22. The summed E-state index contributed by atoms with van der Waals surface area (Å²) in [6.07, 6.45) is 5.36. The van der Waals surface area contributed by atoms with Gasteiger partial charge in [0.15, 0.2) is 0 Å². The predicted molar refractivity (Wildman–Crippen MR) is 42.5 cm³/mol. The van der Waals surface area contributed by atoms with Crippen LogP contribution >= 0.6 is 11.6 Å². The van der Waals surface area contributed by atoms with Crippen molar-refractivity contribution in [1.82, 2.24) is 14.8 Å². The molecule has 1 aliphatic carbocycles. The van der Waals surface area contributed by atoms with Gasteiger partial charge in [-0.1, -0.05) is 0 Å². The van der Waals surface area contributed by atoms with E-state index in [2.05, 4.69) is 17.1 Å². The van der Waals surface area contributed by atoms with Crippen LogP contribution in [0.5, 0.6) is 0 Å². The van der Waals surface area contributed by atoms with Crippen LogP contribution in [-0.2, 0) is 5.54 Å². The molecule has 0 bridgehead atoms. The Morgan fingerprint density at radius 3 is 2.73 bits per heavy atom. The van der Waals surface area contributed by atoms with Crippen molar-refractivity contribution < 1.29 is 0 Å². The van der Waals surface area contributed by atoms with Crippen molar-refractivity contribution in [2.24, 2.45) is 0 Å². The smallest absolute Gasteiger partial charge is 0.225 e. The summed E-state index contributed by atoms with van der Waals surface area (Å²) in [5, 5.41) is 8.00. The molecule has 3 nitrogen and oxygen atoms in total. The van der Waals surface area contributed by atoms with Crippen LogP contribution in [0.3, 0.4) is 0 Å². The molecular weight excluding hydrogens is 162 g/mol. The number of hydrogen-bond acceptors (Lipinski definition) is 2. The molecule has 0 aromatic carbocycles. The lowest BCUT2D eigenvalue weighted by molar-refractivity contribution is 0.168. The van der Waals surface area contributed by atoms with E-state index < -0.39 is 0 Å². The highest BCUT2D eigenvalue weighted by Gasteiger charge is 2.34. The Bertz CT molecular complexity index is 264. The molecule has 0 saturated heterocycles. The van der Waals surface area contributed by atoms with Gasteiger partial charge in [-0.25, -0.2) is 0 Å². The molecule has 1 saturated carbocycles. The van der Waals surface area contributed by atoms with Crippen molar-refractivity contribution in [2.75, 3.05) is 0 Å². The first kappa shape index (κ1) is 7.10. The minimum Gasteiger partial charge on any atom is -0.298 e. The molecule has 2 rings (SSSR count). The Morgan fingerprint density at radius 1 is 1.64 bits per heavy atom. The topological polar surface area (TPSA) is 30.7 Å². The van der Waals surface area contributed by atoms with Gasteiger partial charge in [0.1, 0.15) is 6.33 Å². The summed E-state index contributed by atoms with van der Waals surface area (Å²) in [7, 11) is 0. The molecule has 60 valence electrons. The van der Waals surface area contributed by atoms with Crippen LogP contribution in [0.15, 0.2) is 6.33 Å². The van der Waals surface area contributed by atoms with Gasteiger partial charge >= 0.3 is 0 Å². The molecule has 1 aromatic heterocycles. The highest BCUT2D eigenvalue weighted by Crippen LogP contribution is 2.39. The Morgan fingerprint density at radius 2 is 2.36 bits per heavy atom. The second-order valence-corrected chi connectivity index (χ2v) is 3.66. The van der Waals surface area contributed by atoms with Crippen LogP contribution < -0.4 is 0 Å². The Balaban J connectivity index is 2.35. The zero-order valence-corrected chi connectivity index (χ0v) is 7.17. The Hall–Kier alpha value is -0.570. The van der Waals surface area contributed by atoms with E-state index in [4.69, 9.17) is 11.6 Å². The zero-order valence-electron chi connectivity index (χ0n) is 6.42. The highest BCUT2D eigenvalue weighted by molar-refractivity contribution is 6.28. The number of hydrogen-bond donors (Lipinski definition) is 0. The molecule has 1 aliphatic rings. The standard InChI is InChI=1S/C7H10ClN3/c1-7(3-2-4-7)11-5-9-10-6(11)8/h5H,2-4H2,1H3. The van der Waals surface area contributed by atoms with Crippen molar-refractivity contribution in [1.29, 1.82) is 0 Å². The van der Waals surface area contributed by atoms with Gasteiger partial charge < -0.3 is 0 Å². The summed E-state index contributed by atoms with van der Waals surface area (Å²) in [4.78, 5) is 0. The molecule has 4 heteroatoms. The molecule has 0 N–H and O–H groups in total. The average Bonchev–Trinajstić information content (AvgIpc) is 2.30. The molecule has 1 fully saturated rings. The van der Waals surface area contributed by atoms with Gasteiger partial charge in [0.05, 0.1) is 0 Å². The number of aromatic nitrogens is 3. The number of nitrogens with zero attached hydrogens (tertiary/aromatic N) is 3. The van der Waals surface area contributed by atoms with E-state index in [0.717, 1.165) is 0 Å². The average molecular weight is 172 g/mol. The minimum absolute atomic E-state index is 0.195. The quantitative estimate of drug-likeness (QED) is 0.646. The van der Waals surface area contributed by atoms with E-state index in [1.165, 1.54) is 19.3 Å². The van der Waals surface area contributed by atoms with E-state index in [1.54, 1.807) is 6.33 Å². The summed E-state index contributed by atoms with van der Waals surface area (Å²) >= 11 is 5.83. The van der Waals surface area contributed by atoms with Crippen LogP contribution in [0.4, 0.5) is 0 Å². The van der Waals surface area contributed by atoms with Gasteiger partial charge in [0.25, 0.3) is 0 Å². The van der Waals surface area contributed by atoms with Gasteiger partial charge in [-0.05, 0) is 37.8 Å². The van der Waals surface area contributed by atoms with Crippen molar-refractivity contribution >= 4 is 11.6 Å². The van der Waals surface area contributed by atoms with Crippen LogP contribution in [0.1, 0.15) is 26.2 Å². The lowest BCUT2D eigenvalue weighted by atomic mass is 9.78. The fourth-order valence-corrected chi connectivity index (χ4v) is 1.80. The minimum atomic E-state index is 0.195. The van der Waals surface area contributed by atoms with E-state index >= 15 is 0 Å². The largest absolute Gasteiger partial charge is 0.298 e. The molecule has 0 radical (unpaired) electrons. The van der Waals surface area contributed by atoms with E-state index in [-0.39, 0.29) is 5.54 Å². The van der Waals surface area contributed by atoms with Gasteiger partial charge in [-0.15, -0.1) is 10.2 Å². The summed E-state index contributed by atoms with van der Waals surface area (Å²) in [6, 6.07) is 0. The number of halogens is 1. The maximum absolute atomic E-state index is 5.83. The Kier molecular flexibility index (Phi) is 1.42. The van der Waals surface area contributed by atoms with Crippen LogP contribution in [0.2, 0.25) is 5.28 Å². The maximum Gasteiger partial charge on any atom is 0.225 e. The third-order valence-electron chi connectivity index (χ3n) is 2.52.